The molecular formula is C9H21N3O. The van der Waals surface area contributed by atoms with Crippen LogP contribution in [-0.4, -0.2) is 31.5 Å². The van der Waals surface area contributed by atoms with Crippen LogP contribution in [0, 0.1) is 0 Å². The summed E-state index contributed by atoms with van der Waals surface area (Å²) in [6, 6.07) is -0.304. The SMILES string of the molecule is CC(=O)C(N)CCNCCCCN. The van der Waals surface area contributed by atoms with Gasteiger partial charge in [0, 0.05) is 0 Å². The van der Waals surface area contributed by atoms with Gasteiger partial charge in [0.05, 0.1) is 6.04 Å². The van der Waals surface area contributed by atoms with E-state index in [-0.39, 0.29) is 11.8 Å². The minimum Gasteiger partial charge on any atom is -0.330 e. The van der Waals surface area contributed by atoms with Crippen LogP contribution in [-0.2, 0) is 4.79 Å². The Bertz CT molecular complexity index is 139. The third-order valence-electron chi connectivity index (χ3n) is 1.96. The molecule has 0 aromatic heterocycles. The highest BCUT2D eigenvalue weighted by atomic mass is 16.1. The first-order valence-electron chi connectivity index (χ1n) is 4.85. The molecule has 0 aliphatic rings. The van der Waals surface area contributed by atoms with Gasteiger partial charge in [0.2, 0.25) is 0 Å². The van der Waals surface area contributed by atoms with Gasteiger partial charge in [-0.3, -0.25) is 4.79 Å². The maximum atomic E-state index is 10.7. The predicted octanol–water partition coefficient (Wildman–Crippen LogP) is -0.379. The molecule has 0 saturated heterocycles. The van der Waals surface area contributed by atoms with Gasteiger partial charge in [0.1, 0.15) is 5.78 Å². The second kappa shape index (κ2) is 8.16. The summed E-state index contributed by atoms with van der Waals surface area (Å²) in [5.74, 6) is 0.0590. The standard InChI is InChI=1S/C9H21N3O/c1-8(13)9(11)4-7-12-6-3-2-5-10/h9,12H,2-7,10-11H2,1H3. The topological polar surface area (TPSA) is 81.1 Å². The molecular weight excluding hydrogens is 166 g/mol. The molecule has 4 nitrogen and oxygen atoms in total. The summed E-state index contributed by atoms with van der Waals surface area (Å²) in [4.78, 5) is 10.7. The first kappa shape index (κ1) is 12.6. The molecule has 0 heterocycles. The molecule has 0 aliphatic heterocycles. The summed E-state index contributed by atoms with van der Waals surface area (Å²) >= 11 is 0. The Morgan fingerprint density at radius 1 is 1.38 bits per heavy atom. The predicted molar refractivity (Wildman–Crippen MR) is 54.4 cm³/mol. The van der Waals surface area contributed by atoms with E-state index < -0.39 is 0 Å². The zero-order chi connectivity index (χ0) is 10.1. The maximum absolute atomic E-state index is 10.7. The summed E-state index contributed by atoms with van der Waals surface area (Å²) in [6.07, 6.45) is 2.86. The molecule has 5 N–H and O–H groups in total. The average Bonchev–Trinajstić information content (AvgIpc) is 2.10. The number of hydrogen-bond acceptors (Lipinski definition) is 4. The van der Waals surface area contributed by atoms with Crippen molar-refractivity contribution in [2.75, 3.05) is 19.6 Å². The number of nitrogens with one attached hydrogen (secondary N) is 1. The molecule has 0 saturated carbocycles. The highest BCUT2D eigenvalue weighted by Crippen LogP contribution is 1.88. The van der Waals surface area contributed by atoms with Gasteiger partial charge >= 0.3 is 0 Å². The molecule has 0 rings (SSSR count). The largest absolute Gasteiger partial charge is 0.330 e. The average molecular weight is 187 g/mol. The van der Waals surface area contributed by atoms with Gasteiger partial charge in [-0.15, -0.1) is 0 Å². The van der Waals surface area contributed by atoms with Crippen LogP contribution < -0.4 is 16.8 Å². The number of Topliss-reactive ketones (excluding diaryl/α,β-unsaturated/α-hetero) is 1. The summed E-state index contributed by atoms with van der Waals surface area (Å²) in [5.41, 5.74) is 10.9. The summed E-state index contributed by atoms with van der Waals surface area (Å²) in [7, 11) is 0. The number of rotatable bonds is 8. The molecule has 0 amide bonds. The van der Waals surface area contributed by atoms with Crippen LogP contribution in [0.3, 0.4) is 0 Å². The Morgan fingerprint density at radius 3 is 2.62 bits per heavy atom. The zero-order valence-corrected chi connectivity index (χ0v) is 8.38. The van der Waals surface area contributed by atoms with Crippen molar-refractivity contribution in [1.29, 1.82) is 0 Å². The molecule has 0 bridgehead atoms. The van der Waals surface area contributed by atoms with Crippen LogP contribution in [0.2, 0.25) is 0 Å². The number of hydrogen-bond donors (Lipinski definition) is 3. The lowest BCUT2D eigenvalue weighted by Gasteiger charge is -2.08. The lowest BCUT2D eigenvalue weighted by atomic mass is 10.1. The van der Waals surface area contributed by atoms with Crippen molar-refractivity contribution in [3.63, 3.8) is 0 Å². The second-order valence-corrected chi connectivity index (χ2v) is 3.25. The van der Waals surface area contributed by atoms with Crippen molar-refractivity contribution in [3.8, 4) is 0 Å². The fourth-order valence-electron chi connectivity index (χ4n) is 0.980. The van der Waals surface area contributed by atoms with Crippen molar-refractivity contribution in [1.82, 2.24) is 5.32 Å². The van der Waals surface area contributed by atoms with Gasteiger partial charge in [-0.25, -0.2) is 0 Å². The third kappa shape index (κ3) is 7.90. The van der Waals surface area contributed by atoms with Crippen LogP contribution in [0.5, 0.6) is 0 Å². The van der Waals surface area contributed by atoms with Gasteiger partial charge < -0.3 is 16.8 Å². The molecule has 0 aliphatic carbocycles. The van der Waals surface area contributed by atoms with Crippen LogP contribution >= 0.6 is 0 Å². The van der Waals surface area contributed by atoms with Crippen LogP contribution in [0.15, 0.2) is 0 Å². The Hall–Kier alpha value is -0.450. The Labute approximate surface area is 80.0 Å². The quantitative estimate of drug-likeness (QED) is 0.452. The van der Waals surface area contributed by atoms with Crippen molar-refractivity contribution >= 4 is 5.78 Å². The minimum atomic E-state index is -0.304. The molecule has 1 atom stereocenters. The fraction of sp³-hybridized carbons (Fsp3) is 0.889. The van der Waals surface area contributed by atoms with E-state index in [1.165, 1.54) is 6.92 Å². The van der Waals surface area contributed by atoms with Gasteiger partial charge in [-0.1, -0.05) is 0 Å². The Balaban J connectivity index is 3.11. The summed E-state index contributed by atoms with van der Waals surface area (Å²) in [6.45, 7) is 4.04. The molecule has 4 heteroatoms. The Kier molecular flexibility index (Phi) is 7.88. The fourth-order valence-corrected chi connectivity index (χ4v) is 0.980. The van der Waals surface area contributed by atoms with Gasteiger partial charge in [-0.05, 0) is 45.8 Å². The van der Waals surface area contributed by atoms with E-state index in [1.807, 2.05) is 0 Å². The highest BCUT2D eigenvalue weighted by molar-refractivity contribution is 5.81. The van der Waals surface area contributed by atoms with Gasteiger partial charge in [0.15, 0.2) is 0 Å². The minimum absolute atomic E-state index is 0.0590. The highest BCUT2D eigenvalue weighted by Gasteiger charge is 2.05. The first-order chi connectivity index (χ1) is 6.18. The van der Waals surface area contributed by atoms with E-state index in [2.05, 4.69) is 5.32 Å². The molecule has 0 fully saturated rings. The van der Waals surface area contributed by atoms with E-state index in [0.29, 0.717) is 0 Å². The number of unbranched alkanes of at least 4 members (excludes halogenated alkanes) is 1. The summed E-state index contributed by atoms with van der Waals surface area (Å²) < 4.78 is 0. The molecule has 0 radical (unpaired) electrons. The Morgan fingerprint density at radius 2 is 2.08 bits per heavy atom. The maximum Gasteiger partial charge on any atom is 0.146 e. The molecule has 78 valence electrons. The van der Waals surface area contributed by atoms with Gasteiger partial charge in [0.25, 0.3) is 0 Å². The van der Waals surface area contributed by atoms with Crippen molar-refractivity contribution in [3.05, 3.63) is 0 Å². The first-order valence-corrected chi connectivity index (χ1v) is 4.85. The van der Waals surface area contributed by atoms with Crippen molar-refractivity contribution in [2.24, 2.45) is 11.5 Å². The molecule has 1 unspecified atom stereocenters. The summed E-state index contributed by atoms with van der Waals surface area (Å²) in [5, 5.41) is 3.22. The smallest absolute Gasteiger partial charge is 0.146 e. The van der Waals surface area contributed by atoms with Crippen molar-refractivity contribution < 1.29 is 4.79 Å². The molecule has 0 spiro atoms. The van der Waals surface area contributed by atoms with E-state index >= 15 is 0 Å². The number of carbonyl (C=O) groups is 1. The normalized spacial score (nSPS) is 12.8. The second-order valence-electron chi connectivity index (χ2n) is 3.25. The van der Waals surface area contributed by atoms with Crippen LogP contribution in [0.1, 0.15) is 26.2 Å². The van der Waals surface area contributed by atoms with E-state index in [1.54, 1.807) is 0 Å². The molecule has 13 heavy (non-hydrogen) atoms. The lowest BCUT2D eigenvalue weighted by molar-refractivity contribution is -0.118. The lowest BCUT2D eigenvalue weighted by Crippen LogP contribution is -2.32. The van der Waals surface area contributed by atoms with E-state index in [0.717, 1.165) is 38.9 Å². The van der Waals surface area contributed by atoms with Crippen molar-refractivity contribution in [2.45, 2.75) is 32.2 Å². The van der Waals surface area contributed by atoms with E-state index in [9.17, 15) is 4.79 Å². The monoisotopic (exact) mass is 187 g/mol. The van der Waals surface area contributed by atoms with Crippen LogP contribution in [0.25, 0.3) is 0 Å². The third-order valence-corrected chi connectivity index (χ3v) is 1.96. The zero-order valence-electron chi connectivity index (χ0n) is 8.38. The number of carbonyl (C=O) groups excluding carboxylic acids is 1. The van der Waals surface area contributed by atoms with Gasteiger partial charge in [-0.2, -0.15) is 0 Å². The van der Waals surface area contributed by atoms with Crippen LogP contribution in [0.4, 0.5) is 0 Å². The molecule has 0 aromatic carbocycles. The molecule has 0 aromatic rings. The van der Waals surface area contributed by atoms with E-state index in [4.69, 9.17) is 11.5 Å². The number of ketones is 1. The number of nitrogens with two attached hydrogens (primary N) is 2.